The maximum absolute atomic E-state index is 10.9. The van der Waals surface area contributed by atoms with Crippen molar-refractivity contribution in [2.75, 3.05) is 11.9 Å². The molecule has 0 amide bonds. The first-order valence-electron chi connectivity index (χ1n) is 10.7. The molecule has 0 radical (unpaired) electrons. The minimum atomic E-state index is -1.73. The van der Waals surface area contributed by atoms with Gasteiger partial charge in [-0.2, -0.15) is 0 Å². The van der Waals surface area contributed by atoms with Crippen molar-refractivity contribution >= 4 is 20.0 Å². The van der Waals surface area contributed by atoms with E-state index in [1.807, 2.05) is 0 Å². The summed E-state index contributed by atoms with van der Waals surface area (Å²) < 4.78 is 6.41. The number of anilines is 1. The molecule has 1 aromatic carbocycles. The molecule has 4 nitrogen and oxygen atoms in total. The van der Waals surface area contributed by atoms with Crippen molar-refractivity contribution in [3.63, 3.8) is 0 Å². The van der Waals surface area contributed by atoms with Crippen LogP contribution in [0.5, 0.6) is 0 Å². The molecule has 0 unspecified atom stereocenters. The molecule has 1 atom stereocenters. The summed E-state index contributed by atoms with van der Waals surface area (Å²) in [7, 11) is -1.73. The van der Waals surface area contributed by atoms with Gasteiger partial charge in [-0.3, -0.25) is 4.79 Å². The summed E-state index contributed by atoms with van der Waals surface area (Å²) in [6, 6.07) is 8.78. The molecular weight excluding hydrogens is 366 g/mol. The van der Waals surface area contributed by atoms with Gasteiger partial charge >= 0.3 is 5.97 Å². The molecular formula is C23H39NO3Si. The van der Waals surface area contributed by atoms with E-state index in [0.717, 1.165) is 37.9 Å². The minimum absolute atomic E-state index is 0.185. The van der Waals surface area contributed by atoms with Crippen molar-refractivity contribution in [3.8, 4) is 0 Å². The lowest BCUT2D eigenvalue weighted by Crippen LogP contribution is -2.44. The van der Waals surface area contributed by atoms with E-state index < -0.39 is 14.3 Å². The van der Waals surface area contributed by atoms with E-state index in [-0.39, 0.29) is 11.1 Å². The molecule has 0 aliphatic heterocycles. The molecule has 5 heteroatoms. The number of carbonyl (C=O) groups is 1. The molecule has 1 saturated carbocycles. The molecule has 0 aromatic heterocycles. The third-order valence-electron chi connectivity index (χ3n) is 6.59. The molecule has 0 saturated heterocycles. The molecule has 1 aliphatic rings. The Bertz CT molecular complexity index is 628. The van der Waals surface area contributed by atoms with E-state index >= 15 is 0 Å². The summed E-state index contributed by atoms with van der Waals surface area (Å²) in [6.45, 7) is 14.4. The van der Waals surface area contributed by atoms with Gasteiger partial charge in [0.1, 0.15) is 0 Å². The zero-order chi connectivity index (χ0) is 20.9. The maximum Gasteiger partial charge on any atom is 0.303 e. The van der Waals surface area contributed by atoms with E-state index in [2.05, 4.69) is 70.4 Å². The second kappa shape index (κ2) is 9.44. The lowest BCUT2D eigenvalue weighted by atomic mass is 9.77. The topological polar surface area (TPSA) is 58.6 Å². The van der Waals surface area contributed by atoms with E-state index in [9.17, 15) is 4.79 Å². The van der Waals surface area contributed by atoms with E-state index in [4.69, 9.17) is 9.53 Å². The van der Waals surface area contributed by atoms with Gasteiger partial charge in [-0.25, -0.2) is 0 Å². The van der Waals surface area contributed by atoms with Crippen LogP contribution in [0.25, 0.3) is 0 Å². The van der Waals surface area contributed by atoms with Gasteiger partial charge in [0.15, 0.2) is 8.32 Å². The second-order valence-electron chi connectivity index (χ2n) is 10.0. The van der Waals surface area contributed by atoms with Crippen molar-refractivity contribution in [2.45, 2.75) is 90.0 Å². The fourth-order valence-corrected chi connectivity index (χ4v) is 5.25. The van der Waals surface area contributed by atoms with Crippen LogP contribution in [0.4, 0.5) is 5.69 Å². The van der Waals surface area contributed by atoms with Crippen LogP contribution in [-0.4, -0.2) is 32.0 Å². The minimum Gasteiger partial charge on any atom is -0.481 e. The lowest BCUT2D eigenvalue weighted by Gasteiger charge is -2.38. The summed E-state index contributed by atoms with van der Waals surface area (Å²) in [5.74, 6) is 0.266. The highest BCUT2D eigenvalue weighted by molar-refractivity contribution is 6.74. The quantitative estimate of drug-likeness (QED) is 0.501. The van der Waals surface area contributed by atoms with Crippen molar-refractivity contribution in [3.05, 3.63) is 29.8 Å². The smallest absolute Gasteiger partial charge is 0.303 e. The predicted molar refractivity (Wildman–Crippen MR) is 120 cm³/mol. The highest BCUT2D eigenvalue weighted by Gasteiger charge is 2.38. The molecule has 1 aromatic rings. The number of hydrogen-bond donors (Lipinski definition) is 2. The zero-order valence-electron chi connectivity index (χ0n) is 18.5. The van der Waals surface area contributed by atoms with Crippen LogP contribution in [0.15, 0.2) is 24.3 Å². The Hall–Kier alpha value is -1.33. The normalized spacial score (nSPS) is 21.9. The molecule has 158 valence electrons. The summed E-state index contributed by atoms with van der Waals surface area (Å²) in [5.41, 5.74) is 2.51. The van der Waals surface area contributed by atoms with Gasteiger partial charge in [-0.1, -0.05) is 32.9 Å². The van der Waals surface area contributed by atoms with Gasteiger partial charge in [0.05, 0.1) is 6.10 Å². The molecule has 2 rings (SSSR count). The molecule has 28 heavy (non-hydrogen) atoms. The third-order valence-corrected chi connectivity index (χ3v) is 11.2. The highest BCUT2D eigenvalue weighted by atomic mass is 28.4. The van der Waals surface area contributed by atoms with Crippen LogP contribution >= 0.6 is 0 Å². The molecule has 1 fully saturated rings. The van der Waals surface area contributed by atoms with Crippen LogP contribution in [0.2, 0.25) is 18.1 Å². The number of hydrogen-bond acceptors (Lipinski definition) is 3. The van der Waals surface area contributed by atoms with Crippen molar-refractivity contribution < 1.29 is 14.3 Å². The van der Waals surface area contributed by atoms with Gasteiger partial charge < -0.3 is 14.8 Å². The van der Waals surface area contributed by atoms with Crippen LogP contribution in [0.1, 0.15) is 71.3 Å². The predicted octanol–water partition coefficient (Wildman–Crippen LogP) is 6.26. The fraction of sp³-hybridized carbons (Fsp3) is 0.696. The first kappa shape index (κ1) is 23.0. The molecule has 0 spiro atoms. The van der Waals surface area contributed by atoms with Gasteiger partial charge in [0.2, 0.25) is 0 Å². The van der Waals surface area contributed by atoms with E-state index in [1.165, 1.54) is 5.56 Å². The van der Waals surface area contributed by atoms with Crippen molar-refractivity contribution in [1.82, 2.24) is 0 Å². The van der Waals surface area contributed by atoms with Gasteiger partial charge in [-0.15, -0.1) is 0 Å². The first-order valence-corrected chi connectivity index (χ1v) is 13.6. The number of benzene rings is 1. The van der Waals surface area contributed by atoms with E-state index in [0.29, 0.717) is 18.3 Å². The summed E-state index contributed by atoms with van der Waals surface area (Å²) in [6.07, 6.45) is 4.76. The lowest BCUT2D eigenvalue weighted by molar-refractivity contribution is -0.138. The largest absolute Gasteiger partial charge is 0.481 e. The van der Waals surface area contributed by atoms with Crippen LogP contribution in [-0.2, 0) is 9.22 Å². The number of aliphatic carboxylic acids is 1. The summed E-state index contributed by atoms with van der Waals surface area (Å²) >= 11 is 0. The van der Waals surface area contributed by atoms with Gasteiger partial charge in [0.25, 0.3) is 0 Å². The summed E-state index contributed by atoms with van der Waals surface area (Å²) in [5, 5.41) is 12.7. The summed E-state index contributed by atoms with van der Waals surface area (Å²) in [4.78, 5) is 10.9. The number of carboxylic acids is 1. The number of rotatable bonds is 8. The van der Waals surface area contributed by atoms with Crippen LogP contribution in [0.3, 0.4) is 0 Å². The standard InChI is InChI=1S/C23H39NO3Si/c1-17(27-28(5,6)23(2,3)4)16-24-21-13-11-20(12-14-21)19-9-7-18(8-10-19)15-22(25)26/h11-14,17-19,24H,7-10,15-16H2,1-6H3,(H,25,26)/t17-,18-,19-/m1/s1. The monoisotopic (exact) mass is 405 g/mol. The second-order valence-corrected chi connectivity index (χ2v) is 14.8. The first-order chi connectivity index (χ1) is 13.0. The Morgan fingerprint density at radius 3 is 2.25 bits per heavy atom. The average Bonchev–Trinajstić information content (AvgIpc) is 2.59. The third kappa shape index (κ3) is 6.63. The Morgan fingerprint density at radius 1 is 1.18 bits per heavy atom. The Morgan fingerprint density at radius 2 is 1.75 bits per heavy atom. The average molecular weight is 406 g/mol. The fourth-order valence-electron chi connectivity index (χ4n) is 3.80. The zero-order valence-corrected chi connectivity index (χ0v) is 19.5. The number of nitrogens with one attached hydrogen (secondary N) is 1. The van der Waals surface area contributed by atoms with Crippen LogP contribution in [0, 0.1) is 5.92 Å². The molecule has 2 N–H and O–H groups in total. The molecule has 0 bridgehead atoms. The molecule has 1 aliphatic carbocycles. The van der Waals surface area contributed by atoms with Gasteiger partial charge in [0, 0.05) is 18.7 Å². The Balaban J connectivity index is 1.81. The molecule has 0 heterocycles. The SMILES string of the molecule is C[C@H](CNc1ccc([C@H]2CC[C@H](CC(=O)O)CC2)cc1)O[Si](C)(C)C(C)(C)C. The highest BCUT2D eigenvalue weighted by Crippen LogP contribution is 2.38. The maximum atomic E-state index is 10.9. The van der Waals surface area contributed by atoms with Crippen LogP contribution < -0.4 is 5.32 Å². The van der Waals surface area contributed by atoms with Crippen molar-refractivity contribution in [1.29, 1.82) is 0 Å². The Labute approximate surface area is 172 Å². The van der Waals surface area contributed by atoms with Crippen molar-refractivity contribution in [2.24, 2.45) is 5.92 Å². The Kier molecular flexibility index (Phi) is 7.74. The van der Waals surface area contributed by atoms with Gasteiger partial charge in [-0.05, 0) is 80.3 Å². The van der Waals surface area contributed by atoms with E-state index in [1.54, 1.807) is 0 Å². The number of carboxylic acid groups (broad SMARTS) is 1.